The number of allylic oxidation sites excluding steroid dienone is 2. The first kappa shape index (κ1) is 8.75. The minimum Gasteiger partial charge on any atom is -0.393 e. The monoisotopic (exact) mass is 200 g/mol. The average molecular weight is 201 g/mol. The summed E-state index contributed by atoms with van der Waals surface area (Å²) in [6.45, 7) is 1.88. The van der Waals surface area contributed by atoms with Crippen LogP contribution in [0, 0.1) is 11.8 Å². The van der Waals surface area contributed by atoms with Gasteiger partial charge in [0, 0.05) is 5.03 Å². The minimum atomic E-state index is -0.416. The second-order valence-corrected chi connectivity index (χ2v) is 4.00. The van der Waals surface area contributed by atoms with Crippen LogP contribution in [0.3, 0.4) is 0 Å². The van der Waals surface area contributed by atoms with Gasteiger partial charge >= 0.3 is 11.9 Å². The SMILES string of the molecule is CC1=C(Cl)CC2C(=O)OC(=O)C2C1. The highest BCUT2D eigenvalue weighted by Gasteiger charge is 2.46. The summed E-state index contributed by atoms with van der Waals surface area (Å²) in [6.07, 6.45) is 1.02. The van der Waals surface area contributed by atoms with Crippen molar-refractivity contribution >= 4 is 23.5 Å². The normalized spacial score (nSPS) is 33.4. The summed E-state index contributed by atoms with van der Waals surface area (Å²) < 4.78 is 4.54. The molecule has 13 heavy (non-hydrogen) atoms. The second kappa shape index (κ2) is 2.84. The summed E-state index contributed by atoms with van der Waals surface area (Å²) in [5.41, 5.74) is 0.995. The van der Waals surface area contributed by atoms with E-state index in [0.717, 1.165) is 5.57 Å². The molecule has 1 aliphatic carbocycles. The third kappa shape index (κ3) is 1.27. The number of carbonyl (C=O) groups excluding carboxylic acids is 2. The Morgan fingerprint density at radius 2 is 1.77 bits per heavy atom. The quantitative estimate of drug-likeness (QED) is 0.441. The molecule has 70 valence electrons. The van der Waals surface area contributed by atoms with Gasteiger partial charge in [-0.25, -0.2) is 0 Å². The van der Waals surface area contributed by atoms with E-state index < -0.39 is 11.9 Å². The molecule has 0 N–H and O–H groups in total. The zero-order chi connectivity index (χ0) is 9.59. The Labute approximate surface area is 80.7 Å². The molecule has 1 saturated heterocycles. The fraction of sp³-hybridized carbons (Fsp3) is 0.556. The van der Waals surface area contributed by atoms with Crippen molar-refractivity contribution in [2.75, 3.05) is 0 Å². The molecule has 0 aromatic rings. The number of esters is 2. The lowest BCUT2D eigenvalue weighted by Crippen LogP contribution is -2.22. The molecule has 4 heteroatoms. The minimum absolute atomic E-state index is 0.282. The van der Waals surface area contributed by atoms with E-state index in [4.69, 9.17) is 11.6 Å². The third-order valence-corrected chi connectivity index (χ3v) is 3.16. The molecule has 2 aliphatic rings. The van der Waals surface area contributed by atoms with Crippen LogP contribution in [0.25, 0.3) is 0 Å². The van der Waals surface area contributed by atoms with Gasteiger partial charge in [0.1, 0.15) is 0 Å². The number of fused-ring (bicyclic) bond motifs is 1. The fourth-order valence-electron chi connectivity index (χ4n) is 1.84. The van der Waals surface area contributed by atoms with Crippen molar-refractivity contribution in [3.63, 3.8) is 0 Å². The van der Waals surface area contributed by atoms with Crippen molar-refractivity contribution in [2.24, 2.45) is 11.8 Å². The molecule has 0 amide bonds. The molecular weight excluding hydrogens is 192 g/mol. The van der Waals surface area contributed by atoms with Gasteiger partial charge in [0.2, 0.25) is 0 Å². The molecule has 2 rings (SSSR count). The van der Waals surface area contributed by atoms with Crippen LogP contribution in [0.2, 0.25) is 0 Å². The van der Waals surface area contributed by atoms with Crippen LogP contribution in [0.5, 0.6) is 0 Å². The molecule has 0 aromatic heterocycles. The summed E-state index contributed by atoms with van der Waals surface area (Å²) >= 11 is 5.91. The lowest BCUT2D eigenvalue weighted by molar-refractivity contribution is -0.153. The molecular formula is C9H9ClO3. The van der Waals surface area contributed by atoms with Gasteiger partial charge in [-0.2, -0.15) is 0 Å². The topological polar surface area (TPSA) is 43.4 Å². The van der Waals surface area contributed by atoms with Gasteiger partial charge in [-0.1, -0.05) is 17.2 Å². The Bertz CT molecular complexity index is 289. The van der Waals surface area contributed by atoms with Gasteiger partial charge < -0.3 is 4.74 Å². The molecule has 2 unspecified atom stereocenters. The summed E-state index contributed by atoms with van der Waals surface area (Å²) in [7, 11) is 0. The lowest BCUT2D eigenvalue weighted by atomic mass is 9.81. The molecule has 1 fully saturated rings. The third-order valence-electron chi connectivity index (χ3n) is 2.68. The molecule has 1 heterocycles. The molecule has 0 saturated carbocycles. The van der Waals surface area contributed by atoms with Gasteiger partial charge in [-0.05, 0) is 19.8 Å². The standard InChI is InChI=1S/C9H9ClO3/c1-4-2-5-6(3-7(4)10)9(12)13-8(5)11/h5-6H,2-3H2,1H3. The van der Waals surface area contributed by atoms with Crippen molar-refractivity contribution in [2.45, 2.75) is 19.8 Å². The Hall–Kier alpha value is -0.830. The number of rotatable bonds is 0. The Morgan fingerprint density at radius 1 is 1.23 bits per heavy atom. The maximum absolute atomic E-state index is 11.2. The van der Waals surface area contributed by atoms with Crippen LogP contribution in [0.1, 0.15) is 19.8 Å². The summed E-state index contributed by atoms with van der Waals surface area (Å²) in [4.78, 5) is 22.3. The smallest absolute Gasteiger partial charge is 0.317 e. The van der Waals surface area contributed by atoms with Crippen LogP contribution in [-0.4, -0.2) is 11.9 Å². The molecule has 0 aromatic carbocycles. The summed E-state index contributed by atoms with van der Waals surface area (Å²) in [5.74, 6) is -1.42. The van der Waals surface area contributed by atoms with E-state index in [-0.39, 0.29) is 11.8 Å². The first-order chi connectivity index (χ1) is 6.09. The van der Waals surface area contributed by atoms with Gasteiger partial charge in [-0.15, -0.1) is 0 Å². The number of halogens is 1. The van der Waals surface area contributed by atoms with E-state index in [1.807, 2.05) is 6.92 Å². The van der Waals surface area contributed by atoms with E-state index in [9.17, 15) is 9.59 Å². The Kier molecular flexibility index (Phi) is 1.91. The van der Waals surface area contributed by atoms with Crippen molar-refractivity contribution in [3.8, 4) is 0 Å². The van der Waals surface area contributed by atoms with Gasteiger partial charge in [0.15, 0.2) is 0 Å². The van der Waals surface area contributed by atoms with Crippen LogP contribution < -0.4 is 0 Å². The number of hydrogen-bond donors (Lipinski definition) is 0. The van der Waals surface area contributed by atoms with E-state index in [2.05, 4.69) is 4.74 Å². The van der Waals surface area contributed by atoms with Crippen molar-refractivity contribution in [1.29, 1.82) is 0 Å². The predicted octanol–water partition coefficient (Wildman–Crippen LogP) is 1.61. The van der Waals surface area contributed by atoms with E-state index >= 15 is 0 Å². The van der Waals surface area contributed by atoms with Crippen molar-refractivity contribution < 1.29 is 14.3 Å². The van der Waals surface area contributed by atoms with Gasteiger partial charge in [-0.3, -0.25) is 9.59 Å². The lowest BCUT2D eigenvalue weighted by Gasteiger charge is -2.20. The van der Waals surface area contributed by atoms with E-state index in [0.29, 0.717) is 17.9 Å². The second-order valence-electron chi connectivity index (χ2n) is 3.55. The van der Waals surface area contributed by atoms with Crippen LogP contribution in [0.15, 0.2) is 10.6 Å². The summed E-state index contributed by atoms with van der Waals surface area (Å²) in [5, 5.41) is 0.702. The molecule has 0 bridgehead atoms. The Morgan fingerprint density at radius 3 is 2.38 bits per heavy atom. The number of ether oxygens (including phenoxy) is 1. The molecule has 2 atom stereocenters. The molecule has 3 nitrogen and oxygen atoms in total. The predicted molar refractivity (Wildman–Crippen MR) is 45.9 cm³/mol. The Balaban J connectivity index is 2.31. The van der Waals surface area contributed by atoms with Gasteiger partial charge in [0.05, 0.1) is 11.8 Å². The molecule has 0 spiro atoms. The molecule has 1 aliphatic heterocycles. The van der Waals surface area contributed by atoms with Gasteiger partial charge in [0.25, 0.3) is 0 Å². The van der Waals surface area contributed by atoms with Crippen molar-refractivity contribution in [1.82, 2.24) is 0 Å². The average Bonchev–Trinajstić information content (AvgIpc) is 2.31. The summed E-state index contributed by atoms with van der Waals surface area (Å²) in [6, 6.07) is 0. The van der Waals surface area contributed by atoms with E-state index in [1.165, 1.54) is 0 Å². The maximum Gasteiger partial charge on any atom is 0.317 e. The first-order valence-electron chi connectivity index (χ1n) is 4.19. The maximum atomic E-state index is 11.2. The fourth-order valence-corrected chi connectivity index (χ4v) is 2.08. The highest BCUT2D eigenvalue weighted by molar-refractivity contribution is 6.30. The number of cyclic esters (lactones) is 2. The highest BCUT2D eigenvalue weighted by Crippen LogP contribution is 2.40. The van der Waals surface area contributed by atoms with Crippen LogP contribution in [-0.2, 0) is 14.3 Å². The van der Waals surface area contributed by atoms with Crippen molar-refractivity contribution in [3.05, 3.63) is 10.6 Å². The first-order valence-corrected chi connectivity index (χ1v) is 4.57. The number of carbonyl (C=O) groups is 2. The van der Waals surface area contributed by atoms with E-state index in [1.54, 1.807) is 0 Å². The zero-order valence-electron chi connectivity index (χ0n) is 7.17. The highest BCUT2D eigenvalue weighted by atomic mass is 35.5. The van der Waals surface area contributed by atoms with Crippen LogP contribution in [0.4, 0.5) is 0 Å². The largest absolute Gasteiger partial charge is 0.393 e. The number of hydrogen-bond acceptors (Lipinski definition) is 3. The van der Waals surface area contributed by atoms with Crippen LogP contribution >= 0.6 is 11.6 Å². The molecule has 0 radical (unpaired) electrons. The zero-order valence-corrected chi connectivity index (χ0v) is 7.93.